The second-order valence-electron chi connectivity index (χ2n) is 8.17. The van der Waals surface area contributed by atoms with Crippen molar-refractivity contribution in [3.05, 3.63) is 79.7 Å². The van der Waals surface area contributed by atoms with Gasteiger partial charge in [0.2, 0.25) is 5.76 Å². The first-order chi connectivity index (χ1) is 15.8. The Kier molecular flexibility index (Phi) is 6.15. The van der Waals surface area contributed by atoms with Crippen molar-refractivity contribution in [1.29, 1.82) is 0 Å². The summed E-state index contributed by atoms with van der Waals surface area (Å²) in [5, 5.41) is 11.4. The van der Waals surface area contributed by atoms with E-state index in [1.54, 1.807) is 35.2 Å². The van der Waals surface area contributed by atoms with Crippen LogP contribution in [0.15, 0.2) is 51.7 Å². The Hall–Kier alpha value is -3.72. The highest BCUT2D eigenvalue weighted by atomic mass is 16.6. The van der Waals surface area contributed by atoms with Gasteiger partial charge in [-0.05, 0) is 63.8 Å². The number of nitro benzene ring substituents is 1. The van der Waals surface area contributed by atoms with E-state index in [1.807, 2.05) is 25.9 Å². The second-order valence-corrected chi connectivity index (χ2v) is 8.17. The van der Waals surface area contributed by atoms with Gasteiger partial charge in [-0.25, -0.2) is 0 Å². The zero-order valence-corrected chi connectivity index (χ0v) is 18.7. The average molecular weight is 451 g/mol. The molecular weight excluding hydrogens is 426 g/mol. The van der Waals surface area contributed by atoms with Crippen LogP contribution in [0, 0.1) is 10.1 Å². The lowest BCUT2D eigenvalue weighted by Crippen LogP contribution is -2.32. The zero-order chi connectivity index (χ0) is 23.7. The number of carbonyl (C=O) groups is 1. The summed E-state index contributed by atoms with van der Waals surface area (Å²) in [4.78, 5) is 41.1. The number of hydrogen-bond donors (Lipinski definition) is 0. The van der Waals surface area contributed by atoms with Gasteiger partial charge in [-0.15, -0.1) is 0 Å². The van der Waals surface area contributed by atoms with E-state index in [0.717, 1.165) is 6.54 Å². The first-order valence-corrected chi connectivity index (χ1v) is 10.8. The fourth-order valence-electron chi connectivity index (χ4n) is 4.17. The largest absolute Gasteiger partial charge is 0.494 e. The lowest BCUT2D eigenvalue weighted by molar-refractivity contribution is -0.384. The molecule has 0 spiro atoms. The molecule has 1 aromatic heterocycles. The van der Waals surface area contributed by atoms with Gasteiger partial charge < -0.3 is 19.0 Å². The van der Waals surface area contributed by atoms with Gasteiger partial charge in [0.05, 0.1) is 28.5 Å². The molecule has 9 heteroatoms. The summed E-state index contributed by atoms with van der Waals surface area (Å²) in [6, 6.07) is 10.2. The van der Waals surface area contributed by atoms with Gasteiger partial charge in [-0.3, -0.25) is 19.7 Å². The highest BCUT2D eigenvalue weighted by Gasteiger charge is 2.42. The molecule has 1 unspecified atom stereocenters. The third-order valence-electron chi connectivity index (χ3n) is 5.67. The summed E-state index contributed by atoms with van der Waals surface area (Å²) in [7, 11) is 3.89. The molecule has 0 N–H and O–H groups in total. The summed E-state index contributed by atoms with van der Waals surface area (Å²) in [5.41, 5.74) is 0.818. The number of carbonyl (C=O) groups excluding carboxylic acids is 1. The maximum Gasteiger partial charge on any atom is 0.290 e. The van der Waals surface area contributed by atoms with Gasteiger partial charge in [0.1, 0.15) is 11.3 Å². The van der Waals surface area contributed by atoms with Gasteiger partial charge in [-0.1, -0.05) is 0 Å². The number of hydrogen-bond acceptors (Lipinski definition) is 7. The van der Waals surface area contributed by atoms with Crippen LogP contribution >= 0.6 is 0 Å². The number of ether oxygens (including phenoxy) is 1. The normalized spacial score (nSPS) is 15.3. The van der Waals surface area contributed by atoms with Gasteiger partial charge in [-0.2, -0.15) is 0 Å². The molecule has 2 heterocycles. The third-order valence-corrected chi connectivity index (χ3v) is 5.67. The van der Waals surface area contributed by atoms with Crippen LogP contribution in [0.5, 0.6) is 5.75 Å². The fourth-order valence-corrected chi connectivity index (χ4v) is 4.17. The van der Waals surface area contributed by atoms with Crippen LogP contribution in [0.4, 0.5) is 5.69 Å². The summed E-state index contributed by atoms with van der Waals surface area (Å²) in [6.07, 6.45) is 0.693. The molecule has 3 aromatic rings. The highest BCUT2D eigenvalue weighted by Crippen LogP contribution is 2.39. The molecule has 0 bridgehead atoms. The van der Waals surface area contributed by atoms with E-state index in [-0.39, 0.29) is 33.9 Å². The van der Waals surface area contributed by atoms with Crippen molar-refractivity contribution in [3.8, 4) is 5.75 Å². The molecule has 172 valence electrons. The molecule has 0 saturated heterocycles. The molecule has 33 heavy (non-hydrogen) atoms. The van der Waals surface area contributed by atoms with Crippen LogP contribution in [-0.4, -0.2) is 54.4 Å². The van der Waals surface area contributed by atoms with Crippen molar-refractivity contribution in [2.24, 2.45) is 0 Å². The van der Waals surface area contributed by atoms with Crippen LogP contribution in [0.3, 0.4) is 0 Å². The van der Waals surface area contributed by atoms with E-state index < -0.39 is 11.0 Å². The van der Waals surface area contributed by atoms with Crippen LogP contribution in [-0.2, 0) is 0 Å². The Morgan fingerprint density at radius 1 is 1.15 bits per heavy atom. The van der Waals surface area contributed by atoms with E-state index in [9.17, 15) is 19.7 Å². The topological polar surface area (TPSA) is 106 Å². The van der Waals surface area contributed by atoms with E-state index >= 15 is 0 Å². The number of fused-ring (bicyclic) bond motifs is 2. The summed E-state index contributed by atoms with van der Waals surface area (Å²) in [6.45, 7) is 3.48. The second kappa shape index (κ2) is 9.03. The van der Waals surface area contributed by atoms with Gasteiger partial charge in [0, 0.05) is 24.7 Å². The predicted molar refractivity (Wildman–Crippen MR) is 123 cm³/mol. The maximum atomic E-state index is 13.5. The molecule has 2 aromatic carbocycles. The minimum Gasteiger partial charge on any atom is -0.494 e. The van der Waals surface area contributed by atoms with Crippen LogP contribution in [0.25, 0.3) is 11.0 Å². The molecular formula is C24H25N3O6. The first kappa shape index (κ1) is 22.5. The van der Waals surface area contributed by atoms with Crippen LogP contribution < -0.4 is 10.2 Å². The number of non-ortho nitro benzene ring substituents is 1. The van der Waals surface area contributed by atoms with Crippen LogP contribution in [0.1, 0.15) is 41.1 Å². The Morgan fingerprint density at radius 2 is 1.88 bits per heavy atom. The SMILES string of the molecule is CCOc1ccc2c(=O)c3c(oc2c1)C(=O)N(CCCN(C)C)C3c1ccc([N+](=O)[O-])cc1. The molecule has 4 rings (SSSR count). The molecule has 1 amide bonds. The predicted octanol–water partition coefficient (Wildman–Crippen LogP) is 3.60. The minimum absolute atomic E-state index is 0.00866. The molecule has 0 saturated carbocycles. The van der Waals surface area contributed by atoms with E-state index in [2.05, 4.69) is 0 Å². The molecule has 0 radical (unpaired) electrons. The van der Waals surface area contributed by atoms with Gasteiger partial charge in [0.15, 0.2) is 5.43 Å². The molecule has 1 aliphatic rings. The maximum absolute atomic E-state index is 13.5. The monoisotopic (exact) mass is 451 g/mol. The minimum atomic E-state index is -0.678. The molecule has 1 atom stereocenters. The molecule has 9 nitrogen and oxygen atoms in total. The number of nitrogens with zero attached hydrogens (tertiary/aromatic N) is 3. The lowest BCUT2D eigenvalue weighted by Gasteiger charge is -2.25. The smallest absolute Gasteiger partial charge is 0.290 e. The summed E-state index contributed by atoms with van der Waals surface area (Å²) >= 11 is 0. The van der Waals surface area contributed by atoms with Crippen molar-refractivity contribution in [2.45, 2.75) is 19.4 Å². The van der Waals surface area contributed by atoms with Crippen molar-refractivity contribution < 1.29 is 18.9 Å². The number of rotatable bonds is 8. The van der Waals surface area contributed by atoms with Gasteiger partial charge in [0.25, 0.3) is 11.6 Å². The van der Waals surface area contributed by atoms with Crippen LogP contribution in [0.2, 0.25) is 0 Å². The number of nitro groups is 1. The quantitative estimate of drug-likeness (QED) is 0.380. The average Bonchev–Trinajstić information content (AvgIpc) is 3.06. The van der Waals surface area contributed by atoms with E-state index in [4.69, 9.17) is 9.15 Å². The van der Waals surface area contributed by atoms with Crippen molar-refractivity contribution >= 4 is 22.6 Å². The number of benzene rings is 2. The Bertz CT molecular complexity index is 1270. The zero-order valence-electron chi connectivity index (χ0n) is 18.7. The first-order valence-electron chi connectivity index (χ1n) is 10.8. The van der Waals surface area contributed by atoms with Crippen molar-refractivity contribution in [3.63, 3.8) is 0 Å². The molecule has 0 aliphatic carbocycles. The van der Waals surface area contributed by atoms with E-state index in [0.29, 0.717) is 36.3 Å². The summed E-state index contributed by atoms with van der Waals surface area (Å²) < 4.78 is 11.5. The van der Waals surface area contributed by atoms with E-state index in [1.165, 1.54) is 12.1 Å². The lowest BCUT2D eigenvalue weighted by atomic mass is 9.98. The van der Waals surface area contributed by atoms with Crippen molar-refractivity contribution in [2.75, 3.05) is 33.8 Å². The van der Waals surface area contributed by atoms with Gasteiger partial charge >= 0.3 is 0 Å². The Balaban J connectivity index is 1.85. The Morgan fingerprint density at radius 3 is 2.52 bits per heavy atom. The number of amides is 1. The molecule has 1 aliphatic heterocycles. The van der Waals surface area contributed by atoms with Crippen molar-refractivity contribution in [1.82, 2.24) is 9.80 Å². The third kappa shape index (κ3) is 4.19. The highest BCUT2D eigenvalue weighted by molar-refractivity contribution is 5.99. The Labute approximate surface area is 190 Å². The molecule has 0 fully saturated rings. The fraction of sp³-hybridized carbons (Fsp3) is 0.333. The standard InChI is InChI=1S/C24H25N3O6/c1-4-32-17-10-11-18-19(14-17)33-23-20(22(18)28)21(15-6-8-16(9-7-15)27(30)31)26(24(23)29)13-5-12-25(2)3/h6-11,14,21H,4-5,12-13H2,1-3H3. The summed E-state index contributed by atoms with van der Waals surface area (Å²) in [5.74, 6) is 0.190.